The second-order valence-corrected chi connectivity index (χ2v) is 8.16. The van der Waals surface area contributed by atoms with Crippen LogP contribution in [0.1, 0.15) is 58.4 Å². The highest BCUT2D eigenvalue weighted by atomic mass is 16.2. The fourth-order valence-corrected chi connectivity index (χ4v) is 4.65. The number of hydrogen-bond acceptors (Lipinski definition) is 6. The second kappa shape index (κ2) is 8.12. The van der Waals surface area contributed by atoms with Crippen LogP contribution in [0, 0.1) is 0 Å². The lowest BCUT2D eigenvalue weighted by Gasteiger charge is -2.38. The zero-order valence-electron chi connectivity index (χ0n) is 16.8. The van der Waals surface area contributed by atoms with Gasteiger partial charge in [0.15, 0.2) is 0 Å². The predicted octanol–water partition coefficient (Wildman–Crippen LogP) is 0.876. The molecule has 158 valence electrons. The van der Waals surface area contributed by atoms with Crippen LogP contribution in [-0.2, 0) is 16.1 Å². The van der Waals surface area contributed by atoms with E-state index in [0.717, 1.165) is 42.8 Å². The van der Waals surface area contributed by atoms with Gasteiger partial charge in [0.1, 0.15) is 6.04 Å². The fraction of sp³-hybridized carbons (Fsp3) is 0.455. The van der Waals surface area contributed by atoms with Gasteiger partial charge in [-0.2, -0.15) is 0 Å². The molecule has 1 aromatic carbocycles. The minimum atomic E-state index is -0.951. The number of piperidine rings is 2. The molecule has 0 aromatic heterocycles. The zero-order chi connectivity index (χ0) is 21.3. The molecular weight excluding hydrogens is 384 g/mol. The van der Waals surface area contributed by atoms with Crippen LogP contribution in [0.4, 0.5) is 0 Å². The van der Waals surface area contributed by atoms with Crippen molar-refractivity contribution in [1.29, 1.82) is 0 Å². The molecule has 3 N–H and O–H groups in total. The van der Waals surface area contributed by atoms with Crippen molar-refractivity contribution in [3.8, 4) is 0 Å². The molecule has 0 radical (unpaired) electrons. The lowest BCUT2D eigenvalue weighted by Crippen LogP contribution is -2.54. The number of nitrogens with one attached hydrogen (secondary N) is 3. The van der Waals surface area contributed by atoms with Gasteiger partial charge in [0.25, 0.3) is 11.8 Å². The van der Waals surface area contributed by atoms with E-state index in [0.29, 0.717) is 17.7 Å². The van der Waals surface area contributed by atoms with Gasteiger partial charge in [0.2, 0.25) is 11.8 Å². The summed E-state index contributed by atoms with van der Waals surface area (Å²) in [5.41, 5.74) is 1.31. The summed E-state index contributed by atoms with van der Waals surface area (Å²) in [5.74, 6) is -1.92. The van der Waals surface area contributed by atoms with Crippen molar-refractivity contribution in [3.05, 3.63) is 47.5 Å². The fourth-order valence-electron chi connectivity index (χ4n) is 4.65. The largest absolute Gasteiger partial charge is 0.317 e. The Kier molecular flexibility index (Phi) is 5.53. The number of hydrogen-bond donors (Lipinski definition) is 3. The van der Waals surface area contributed by atoms with Gasteiger partial charge in [-0.25, -0.2) is 0 Å². The zero-order valence-corrected chi connectivity index (χ0v) is 16.8. The van der Waals surface area contributed by atoms with E-state index in [4.69, 9.17) is 0 Å². The standard InChI is InChI=1S/C22H26N4O4/c1-2-8-22(9-11-23-12-10-22)24-13-14-4-3-5-15-18(14)21(30)26(20(15)29)16-6-7-17(27)25-19(16)28/h2-5,16,23-24H,1,6-13H2,(H,25,27,28). The summed E-state index contributed by atoms with van der Waals surface area (Å²) in [6, 6.07) is 4.27. The van der Waals surface area contributed by atoms with Crippen LogP contribution < -0.4 is 16.0 Å². The Morgan fingerprint density at radius 2 is 1.93 bits per heavy atom. The van der Waals surface area contributed by atoms with Crippen LogP contribution in [0.3, 0.4) is 0 Å². The number of nitrogens with zero attached hydrogens (tertiary/aromatic N) is 1. The third-order valence-corrected chi connectivity index (χ3v) is 6.30. The monoisotopic (exact) mass is 410 g/mol. The molecule has 1 atom stereocenters. The highest BCUT2D eigenvalue weighted by Crippen LogP contribution is 2.31. The summed E-state index contributed by atoms with van der Waals surface area (Å²) in [5, 5.41) is 9.19. The van der Waals surface area contributed by atoms with Crippen LogP contribution >= 0.6 is 0 Å². The van der Waals surface area contributed by atoms with Gasteiger partial charge in [-0.05, 0) is 50.4 Å². The lowest BCUT2D eigenvalue weighted by molar-refractivity contribution is -0.136. The molecule has 2 fully saturated rings. The Balaban J connectivity index is 1.58. The van der Waals surface area contributed by atoms with E-state index < -0.39 is 23.8 Å². The van der Waals surface area contributed by atoms with Crippen molar-refractivity contribution >= 4 is 23.6 Å². The molecule has 0 spiro atoms. The summed E-state index contributed by atoms with van der Waals surface area (Å²) in [6.07, 6.45) is 4.88. The third-order valence-electron chi connectivity index (χ3n) is 6.30. The Labute approximate surface area is 175 Å². The average molecular weight is 410 g/mol. The minimum Gasteiger partial charge on any atom is -0.317 e. The molecule has 1 aromatic rings. The minimum absolute atomic E-state index is 0.0926. The molecule has 0 aliphatic carbocycles. The molecule has 0 bridgehead atoms. The maximum Gasteiger partial charge on any atom is 0.262 e. The third kappa shape index (κ3) is 3.57. The van der Waals surface area contributed by atoms with E-state index in [1.165, 1.54) is 0 Å². The van der Waals surface area contributed by atoms with Crippen molar-refractivity contribution in [2.45, 2.75) is 50.2 Å². The van der Waals surface area contributed by atoms with Crippen molar-refractivity contribution in [2.24, 2.45) is 0 Å². The van der Waals surface area contributed by atoms with Crippen LogP contribution in [0.25, 0.3) is 0 Å². The number of rotatable bonds is 6. The number of carbonyl (C=O) groups excluding carboxylic acids is 4. The molecule has 3 aliphatic heterocycles. The highest BCUT2D eigenvalue weighted by Gasteiger charge is 2.45. The summed E-state index contributed by atoms with van der Waals surface area (Å²) in [7, 11) is 0. The van der Waals surface area contributed by atoms with Gasteiger partial charge in [0.05, 0.1) is 11.1 Å². The Morgan fingerprint density at radius 1 is 1.17 bits per heavy atom. The number of carbonyl (C=O) groups is 4. The first-order valence-electron chi connectivity index (χ1n) is 10.4. The molecule has 3 heterocycles. The molecule has 0 saturated carbocycles. The normalized spacial score (nSPS) is 23.3. The van der Waals surface area contributed by atoms with E-state index >= 15 is 0 Å². The van der Waals surface area contributed by atoms with Gasteiger partial charge in [-0.1, -0.05) is 18.2 Å². The summed E-state index contributed by atoms with van der Waals surface area (Å²) < 4.78 is 0. The van der Waals surface area contributed by atoms with Gasteiger partial charge >= 0.3 is 0 Å². The van der Waals surface area contributed by atoms with Crippen molar-refractivity contribution in [1.82, 2.24) is 20.9 Å². The average Bonchev–Trinajstić information content (AvgIpc) is 2.99. The molecule has 8 heteroatoms. The smallest absolute Gasteiger partial charge is 0.262 e. The quantitative estimate of drug-likeness (QED) is 0.475. The van der Waals surface area contributed by atoms with E-state index in [1.807, 2.05) is 12.1 Å². The van der Waals surface area contributed by atoms with E-state index in [2.05, 4.69) is 22.5 Å². The van der Waals surface area contributed by atoms with Crippen molar-refractivity contribution in [2.75, 3.05) is 13.1 Å². The molecule has 4 rings (SSSR count). The van der Waals surface area contributed by atoms with Crippen molar-refractivity contribution < 1.29 is 19.2 Å². The molecule has 30 heavy (non-hydrogen) atoms. The highest BCUT2D eigenvalue weighted by molar-refractivity contribution is 6.24. The maximum absolute atomic E-state index is 13.2. The number of benzene rings is 1. The second-order valence-electron chi connectivity index (χ2n) is 8.16. The first kappa shape index (κ1) is 20.4. The SMILES string of the molecule is C=CCC1(NCc2cccc3c2C(=O)N(C2CCC(=O)NC2=O)C3=O)CCNCC1. The van der Waals surface area contributed by atoms with Crippen LogP contribution in [0.2, 0.25) is 0 Å². The Morgan fingerprint density at radius 3 is 2.63 bits per heavy atom. The topological polar surface area (TPSA) is 108 Å². The summed E-state index contributed by atoms with van der Waals surface area (Å²) >= 11 is 0. The molecular formula is C22H26N4O4. The van der Waals surface area contributed by atoms with E-state index in [1.54, 1.807) is 12.1 Å². The first-order valence-corrected chi connectivity index (χ1v) is 10.4. The van der Waals surface area contributed by atoms with Crippen LogP contribution in [-0.4, -0.2) is 53.2 Å². The molecule has 4 amide bonds. The van der Waals surface area contributed by atoms with Crippen LogP contribution in [0.5, 0.6) is 0 Å². The van der Waals surface area contributed by atoms with Crippen LogP contribution in [0.15, 0.2) is 30.9 Å². The van der Waals surface area contributed by atoms with E-state index in [9.17, 15) is 19.2 Å². The van der Waals surface area contributed by atoms with Gasteiger partial charge in [0, 0.05) is 18.5 Å². The maximum atomic E-state index is 13.2. The van der Waals surface area contributed by atoms with Crippen molar-refractivity contribution in [3.63, 3.8) is 0 Å². The van der Waals surface area contributed by atoms with Gasteiger partial charge < -0.3 is 10.6 Å². The molecule has 8 nitrogen and oxygen atoms in total. The Bertz CT molecular complexity index is 920. The predicted molar refractivity (Wildman–Crippen MR) is 110 cm³/mol. The lowest BCUT2D eigenvalue weighted by atomic mass is 9.84. The number of fused-ring (bicyclic) bond motifs is 1. The number of imide groups is 2. The summed E-state index contributed by atoms with van der Waals surface area (Å²) in [4.78, 5) is 50.9. The number of amides is 4. The van der Waals surface area contributed by atoms with E-state index in [-0.39, 0.29) is 24.3 Å². The molecule has 2 saturated heterocycles. The summed E-state index contributed by atoms with van der Waals surface area (Å²) in [6.45, 7) is 6.15. The molecule has 1 unspecified atom stereocenters. The van der Waals surface area contributed by atoms with Gasteiger partial charge in [-0.3, -0.25) is 29.4 Å². The van der Waals surface area contributed by atoms with Gasteiger partial charge in [-0.15, -0.1) is 6.58 Å². The Hall–Kier alpha value is -2.84. The molecule has 3 aliphatic rings. The first-order chi connectivity index (χ1) is 14.5.